The van der Waals surface area contributed by atoms with Crippen LogP contribution in [-0.4, -0.2) is 50.0 Å². The van der Waals surface area contributed by atoms with E-state index >= 15 is 0 Å². The molecule has 0 heterocycles. The molecule has 1 saturated carbocycles. The molecule has 0 aromatic heterocycles. The van der Waals surface area contributed by atoms with Crippen LogP contribution in [0.5, 0.6) is 0 Å². The zero-order valence-corrected chi connectivity index (χ0v) is 24.7. The SMILES string of the molecule is CC[C@@H](C(=O)NC1CCCCC1)N(Cc1c(Cl)cccc1Cl)C(=O)CCCN(c1ccc(F)cc1)S(C)(=O)=O. The summed E-state index contributed by atoms with van der Waals surface area (Å²) in [7, 11) is -3.67. The fourth-order valence-electron chi connectivity index (χ4n) is 4.93. The van der Waals surface area contributed by atoms with Crippen LogP contribution >= 0.6 is 23.2 Å². The molecule has 3 rings (SSSR count). The fraction of sp³-hybridized carbons (Fsp3) is 0.500. The molecule has 0 spiro atoms. The summed E-state index contributed by atoms with van der Waals surface area (Å²) in [5.41, 5.74) is 0.853. The molecule has 1 fully saturated rings. The minimum absolute atomic E-state index is 0.0114. The summed E-state index contributed by atoms with van der Waals surface area (Å²) >= 11 is 12.8. The van der Waals surface area contributed by atoms with E-state index in [0.29, 0.717) is 27.7 Å². The van der Waals surface area contributed by atoms with Gasteiger partial charge in [-0.2, -0.15) is 0 Å². The monoisotopic (exact) mass is 599 g/mol. The standard InChI is InChI=1S/C28H36Cl2FN3O4S/c1-3-26(28(36)32-21-9-5-4-6-10-21)33(19-23-24(29)11-7-12-25(23)30)27(35)13-8-18-34(39(2,37)38)22-16-14-20(31)15-17-22/h7,11-12,14-17,21,26H,3-6,8-10,13,18-19H2,1-2H3,(H,32,36)/t26-/m0/s1. The Balaban J connectivity index is 1.79. The summed E-state index contributed by atoms with van der Waals surface area (Å²) < 4.78 is 39.4. The quantitative estimate of drug-likeness (QED) is 0.327. The Morgan fingerprint density at radius 2 is 1.67 bits per heavy atom. The number of nitrogens with one attached hydrogen (secondary N) is 1. The third-order valence-electron chi connectivity index (χ3n) is 6.99. The van der Waals surface area contributed by atoms with Gasteiger partial charge in [-0.25, -0.2) is 12.8 Å². The average molecular weight is 601 g/mol. The Bertz CT molecular complexity index is 1220. The summed E-state index contributed by atoms with van der Waals surface area (Å²) in [4.78, 5) is 28.5. The highest BCUT2D eigenvalue weighted by Crippen LogP contribution is 2.28. The highest BCUT2D eigenvalue weighted by molar-refractivity contribution is 7.92. The van der Waals surface area contributed by atoms with Gasteiger partial charge in [-0.3, -0.25) is 13.9 Å². The molecular formula is C28H36Cl2FN3O4S. The first-order chi connectivity index (χ1) is 18.5. The summed E-state index contributed by atoms with van der Waals surface area (Å²) in [6.07, 6.45) is 6.73. The van der Waals surface area contributed by atoms with Crippen LogP contribution in [0.2, 0.25) is 10.0 Å². The van der Waals surface area contributed by atoms with Crippen LogP contribution in [0.1, 0.15) is 63.9 Å². The van der Waals surface area contributed by atoms with Crippen LogP contribution in [0.25, 0.3) is 0 Å². The van der Waals surface area contributed by atoms with Gasteiger partial charge < -0.3 is 10.2 Å². The second-order valence-corrected chi connectivity index (χ2v) is 12.6. The van der Waals surface area contributed by atoms with E-state index in [9.17, 15) is 22.4 Å². The minimum Gasteiger partial charge on any atom is -0.352 e. The number of benzene rings is 2. The molecule has 0 unspecified atom stereocenters. The lowest BCUT2D eigenvalue weighted by Gasteiger charge is -2.33. The van der Waals surface area contributed by atoms with Gasteiger partial charge in [-0.05, 0) is 62.1 Å². The van der Waals surface area contributed by atoms with Crippen molar-refractivity contribution in [2.75, 3.05) is 17.1 Å². The van der Waals surface area contributed by atoms with E-state index in [0.717, 1.165) is 42.7 Å². The Labute approximate surface area is 240 Å². The van der Waals surface area contributed by atoms with Crippen LogP contribution < -0.4 is 9.62 Å². The van der Waals surface area contributed by atoms with Crippen molar-refractivity contribution in [1.29, 1.82) is 0 Å². The molecule has 1 aliphatic carbocycles. The molecule has 2 aromatic rings. The Morgan fingerprint density at radius 1 is 1.05 bits per heavy atom. The van der Waals surface area contributed by atoms with E-state index in [1.165, 1.54) is 29.2 Å². The second kappa shape index (κ2) is 14.3. The molecule has 39 heavy (non-hydrogen) atoms. The number of rotatable bonds is 12. The van der Waals surface area contributed by atoms with Gasteiger partial charge in [0, 0.05) is 41.2 Å². The van der Waals surface area contributed by atoms with Crippen molar-refractivity contribution in [3.63, 3.8) is 0 Å². The van der Waals surface area contributed by atoms with E-state index < -0.39 is 21.9 Å². The first kappa shape index (κ1) is 31.2. The lowest BCUT2D eigenvalue weighted by atomic mass is 9.95. The highest BCUT2D eigenvalue weighted by atomic mass is 35.5. The van der Waals surface area contributed by atoms with Crippen LogP contribution in [-0.2, 0) is 26.2 Å². The molecule has 1 atom stereocenters. The molecule has 11 heteroatoms. The summed E-state index contributed by atoms with van der Waals surface area (Å²) in [5.74, 6) is -1.01. The largest absolute Gasteiger partial charge is 0.352 e. The van der Waals surface area contributed by atoms with E-state index in [1.54, 1.807) is 18.2 Å². The van der Waals surface area contributed by atoms with Gasteiger partial charge in [0.25, 0.3) is 0 Å². The van der Waals surface area contributed by atoms with Gasteiger partial charge in [-0.15, -0.1) is 0 Å². The lowest BCUT2D eigenvalue weighted by molar-refractivity contribution is -0.141. The number of nitrogens with zero attached hydrogens (tertiary/aromatic N) is 2. The lowest BCUT2D eigenvalue weighted by Crippen LogP contribution is -2.51. The maximum atomic E-state index is 13.6. The zero-order chi connectivity index (χ0) is 28.6. The van der Waals surface area contributed by atoms with Crippen LogP contribution in [0.4, 0.5) is 10.1 Å². The van der Waals surface area contributed by atoms with E-state index in [2.05, 4.69) is 5.32 Å². The van der Waals surface area contributed by atoms with Gasteiger partial charge in [0.15, 0.2) is 0 Å². The van der Waals surface area contributed by atoms with Gasteiger partial charge in [0.05, 0.1) is 11.9 Å². The van der Waals surface area contributed by atoms with Gasteiger partial charge in [0.2, 0.25) is 21.8 Å². The highest BCUT2D eigenvalue weighted by Gasteiger charge is 2.31. The van der Waals surface area contributed by atoms with Gasteiger partial charge >= 0.3 is 0 Å². The molecule has 214 valence electrons. The number of sulfonamides is 1. The molecule has 0 saturated heterocycles. The summed E-state index contributed by atoms with van der Waals surface area (Å²) in [6, 6.07) is 9.55. The number of carbonyl (C=O) groups is 2. The molecule has 7 nitrogen and oxygen atoms in total. The second-order valence-electron chi connectivity index (χ2n) is 9.90. The number of hydrogen-bond donors (Lipinski definition) is 1. The number of hydrogen-bond acceptors (Lipinski definition) is 4. The molecule has 0 aliphatic heterocycles. The van der Waals surface area contributed by atoms with Gasteiger partial charge in [0.1, 0.15) is 11.9 Å². The predicted octanol–water partition coefficient (Wildman–Crippen LogP) is 5.94. The summed E-state index contributed by atoms with van der Waals surface area (Å²) in [5, 5.41) is 3.91. The van der Waals surface area contributed by atoms with Crippen molar-refractivity contribution in [3.8, 4) is 0 Å². The number of carbonyl (C=O) groups excluding carboxylic acids is 2. The van der Waals surface area contributed by atoms with Crippen molar-refractivity contribution in [1.82, 2.24) is 10.2 Å². The van der Waals surface area contributed by atoms with Crippen molar-refractivity contribution >= 4 is 50.7 Å². The van der Waals surface area contributed by atoms with Crippen molar-refractivity contribution in [2.24, 2.45) is 0 Å². The Hall–Kier alpha value is -2.36. The van der Waals surface area contributed by atoms with Gasteiger partial charge in [-0.1, -0.05) is 55.5 Å². The van der Waals surface area contributed by atoms with Crippen LogP contribution in [0.3, 0.4) is 0 Å². The van der Waals surface area contributed by atoms with Crippen molar-refractivity contribution in [2.45, 2.75) is 76.9 Å². The molecule has 0 radical (unpaired) electrons. The smallest absolute Gasteiger partial charge is 0.243 e. The fourth-order valence-corrected chi connectivity index (χ4v) is 6.41. The molecule has 2 aromatic carbocycles. The average Bonchev–Trinajstić information content (AvgIpc) is 2.88. The molecule has 0 bridgehead atoms. The number of anilines is 1. The number of amides is 2. The number of halogens is 3. The molecule has 2 amide bonds. The molecule has 1 N–H and O–H groups in total. The van der Waals surface area contributed by atoms with E-state index in [4.69, 9.17) is 23.2 Å². The van der Waals surface area contributed by atoms with E-state index in [1.807, 2.05) is 6.92 Å². The normalized spacial score (nSPS) is 15.0. The third kappa shape index (κ3) is 8.82. The first-order valence-electron chi connectivity index (χ1n) is 13.3. The summed E-state index contributed by atoms with van der Waals surface area (Å²) in [6.45, 7) is 1.91. The topological polar surface area (TPSA) is 86.8 Å². The zero-order valence-electron chi connectivity index (χ0n) is 22.3. The maximum Gasteiger partial charge on any atom is 0.243 e. The first-order valence-corrected chi connectivity index (χ1v) is 15.9. The van der Waals surface area contributed by atoms with E-state index in [-0.39, 0.29) is 43.8 Å². The molecular weight excluding hydrogens is 564 g/mol. The third-order valence-corrected chi connectivity index (χ3v) is 8.90. The predicted molar refractivity (Wildman–Crippen MR) is 154 cm³/mol. The Kier molecular flexibility index (Phi) is 11.4. The minimum atomic E-state index is -3.67. The maximum absolute atomic E-state index is 13.6. The van der Waals surface area contributed by atoms with Crippen LogP contribution in [0.15, 0.2) is 42.5 Å². The van der Waals surface area contributed by atoms with Crippen LogP contribution in [0, 0.1) is 5.82 Å². The molecule has 1 aliphatic rings. The Morgan fingerprint density at radius 3 is 2.23 bits per heavy atom. The van der Waals surface area contributed by atoms with Crippen molar-refractivity contribution in [3.05, 3.63) is 63.9 Å². The van der Waals surface area contributed by atoms with Crippen molar-refractivity contribution < 1.29 is 22.4 Å².